The van der Waals surface area contributed by atoms with Crippen LogP contribution >= 0.6 is 0 Å². The minimum atomic E-state index is -0.297. The van der Waals surface area contributed by atoms with E-state index in [9.17, 15) is 0 Å². The fraction of sp³-hybridized carbons (Fsp3) is 0.0417. The fourth-order valence-electron chi connectivity index (χ4n) is 8.62. The first-order valence-electron chi connectivity index (χ1n) is 16.9. The number of rotatable bonds is 3. The van der Waals surface area contributed by atoms with Crippen molar-refractivity contribution in [2.24, 2.45) is 0 Å². The Balaban J connectivity index is 1.33. The quantitative estimate of drug-likeness (QED) is 0.138. The molecule has 0 saturated heterocycles. The van der Waals surface area contributed by atoms with Crippen LogP contribution < -0.4 is 0 Å². The Bertz CT molecular complexity index is 2720. The standard InChI is InChI=1S/C48H32/c1-48(36-19-6-3-7-20-36)43-30-35(25-26-38(43)42-28-33-17-8-9-18-34(33)29-44(42)48)45-39-22-12-13-23-40(39)46(32-15-4-2-5-16-32)47-37-21-11-10-14-31(37)24-27-41(45)47/h2-30H,1H3. The third-order valence-electron chi connectivity index (χ3n) is 10.9. The van der Waals surface area contributed by atoms with Crippen LogP contribution in [0.1, 0.15) is 23.6 Å². The van der Waals surface area contributed by atoms with Crippen LogP contribution in [0.15, 0.2) is 176 Å². The SMILES string of the molecule is CC1(c2ccccc2)c2cc(-c3c4ccccc4c(-c4ccccc4)c4c3ccc3ccccc34)ccc2-c2cc3ccccc3cc21. The molecule has 1 atom stereocenters. The molecule has 0 nitrogen and oxygen atoms in total. The summed E-state index contributed by atoms with van der Waals surface area (Å²) in [6.45, 7) is 2.42. The van der Waals surface area contributed by atoms with Crippen molar-refractivity contribution in [2.45, 2.75) is 12.3 Å². The third kappa shape index (κ3) is 3.78. The van der Waals surface area contributed by atoms with E-state index in [1.807, 2.05) is 0 Å². The highest BCUT2D eigenvalue weighted by molar-refractivity contribution is 6.28. The molecule has 0 amide bonds. The van der Waals surface area contributed by atoms with Crippen LogP contribution in [0.2, 0.25) is 0 Å². The van der Waals surface area contributed by atoms with Crippen molar-refractivity contribution in [3.8, 4) is 33.4 Å². The van der Waals surface area contributed by atoms with Crippen molar-refractivity contribution in [3.05, 3.63) is 193 Å². The van der Waals surface area contributed by atoms with Crippen molar-refractivity contribution < 1.29 is 0 Å². The highest BCUT2D eigenvalue weighted by Crippen LogP contribution is 2.55. The molecule has 1 aliphatic carbocycles. The molecule has 0 saturated carbocycles. The van der Waals surface area contributed by atoms with Gasteiger partial charge in [0.1, 0.15) is 0 Å². The van der Waals surface area contributed by atoms with Crippen molar-refractivity contribution in [1.82, 2.24) is 0 Å². The topological polar surface area (TPSA) is 0 Å². The maximum absolute atomic E-state index is 2.51. The van der Waals surface area contributed by atoms with Gasteiger partial charge < -0.3 is 0 Å². The predicted molar refractivity (Wildman–Crippen MR) is 205 cm³/mol. The lowest BCUT2D eigenvalue weighted by atomic mass is 9.73. The first kappa shape index (κ1) is 27.2. The van der Waals surface area contributed by atoms with E-state index in [1.165, 1.54) is 93.2 Å². The van der Waals surface area contributed by atoms with Gasteiger partial charge in [0.15, 0.2) is 0 Å². The molecule has 0 bridgehead atoms. The molecular formula is C48H32. The largest absolute Gasteiger partial charge is 0.0622 e. The third-order valence-corrected chi connectivity index (χ3v) is 10.9. The van der Waals surface area contributed by atoms with Crippen LogP contribution in [-0.2, 0) is 5.41 Å². The Hall–Kier alpha value is -5.98. The van der Waals surface area contributed by atoms with E-state index in [2.05, 4.69) is 183 Å². The summed E-state index contributed by atoms with van der Waals surface area (Å²) < 4.78 is 0. The highest BCUT2D eigenvalue weighted by atomic mass is 14.4. The van der Waals surface area contributed by atoms with E-state index in [0.29, 0.717) is 0 Å². The zero-order valence-electron chi connectivity index (χ0n) is 26.7. The molecule has 1 unspecified atom stereocenters. The monoisotopic (exact) mass is 608 g/mol. The van der Waals surface area contributed by atoms with Gasteiger partial charge in [-0.25, -0.2) is 0 Å². The second-order valence-electron chi connectivity index (χ2n) is 13.4. The molecule has 0 radical (unpaired) electrons. The van der Waals surface area contributed by atoms with Crippen LogP contribution in [0, 0.1) is 0 Å². The summed E-state index contributed by atoms with van der Waals surface area (Å²) >= 11 is 0. The van der Waals surface area contributed by atoms with E-state index < -0.39 is 0 Å². The molecule has 9 aromatic carbocycles. The van der Waals surface area contributed by atoms with E-state index in [-0.39, 0.29) is 5.41 Å². The first-order chi connectivity index (χ1) is 23.7. The van der Waals surface area contributed by atoms with Crippen molar-refractivity contribution >= 4 is 43.1 Å². The van der Waals surface area contributed by atoms with Gasteiger partial charge in [-0.15, -0.1) is 0 Å². The molecular weight excluding hydrogens is 577 g/mol. The number of hydrogen-bond acceptors (Lipinski definition) is 0. The normalized spacial score (nSPS) is 15.3. The summed E-state index contributed by atoms with van der Waals surface area (Å²) in [5, 5.41) is 10.3. The molecule has 224 valence electrons. The van der Waals surface area contributed by atoms with Gasteiger partial charge in [-0.3, -0.25) is 0 Å². The second-order valence-corrected chi connectivity index (χ2v) is 13.4. The Labute approximate surface area is 280 Å². The lowest BCUT2D eigenvalue weighted by Crippen LogP contribution is -2.22. The summed E-state index contributed by atoms with van der Waals surface area (Å²) in [4.78, 5) is 0. The molecule has 0 N–H and O–H groups in total. The molecule has 10 rings (SSSR count). The highest BCUT2D eigenvalue weighted by Gasteiger charge is 2.41. The van der Waals surface area contributed by atoms with Crippen LogP contribution in [0.5, 0.6) is 0 Å². The molecule has 0 aromatic heterocycles. The average molecular weight is 609 g/mol. The smallest absolute Gasteiger partial charge is 0.0435 e. The van der Waals surface area contributed by atoms with E-state index in [4.69, 9.17) is 0 Å². The zero-order valence-corrected chi connectivity index (χ0v) is 26.7. The first-order valence-corrected chi connectivity index (χ1v) is 16.9. The summed E-state index contributed by atoms with van der Waals surface area (Å²) in [7, 11) is 0. The number of benzene rings is 9. The Morgan fingerprint density at radius 1 is 0.354 bits per heavy atom. The maximum atomic E-state index is 2.51. The minimum Gasteiger partial charge on any atom is -0.0622 e. The molecule has 0 spiro atoms. The van der Waals surface area contributed by atoms with Crippen LogP contribution in [0.25, 0.3) is 76.5 Å². The summed E-state index contributed by atoms with van der Waals surface area (Å²) in [6.07, 6.45) is 0. The average Bonchev–Trinajstić information content (AvgIpc) is 3.40. The lowest BCUT2D eigenvalue weighted by molar-refractivity contribution is 0.715. The summed E-state index contributed by atoms with van der Waals surface area (Å²) in [5.41, 5.74) is 11.5. The molecule has 0 heterocycles. The van der Waals surface area contributed by atoms with Gasteiger partial charge in [0.05, 0.1) is 0 Å². The molecule has 0 fully saturated rings. The van der Waals surface area contributed by atoms with E-state index in [0.717, 1.165) is 0 Å². The van der Waals surface area contributed by atoms with Crippen molar-refractivity contribution in [2.75, 3.05) is 0 Å². The van der Waals surface area contributed by atoms with E-state index >= 15 is 0 Å². The summed E-state index contributed by atoms with van der Waals surface area (Å²) in [5.74, 6) is 0. The number of hydrogen-bond donors (Lipinski definition) is 0. The molecule has 0 aliphatic heterocycles. The van der Waals surface area contributed by atoms with Crippen molar-refractivity contribution in [1.29, 1.82) is 0 Å². The van der Waals surface area contributed by atoms with Crippen LogP contribution in [0.4, 0.5) is 0 Å². The second kappa shape index (κ2) is 10.3. The van der Waals surface area contributed by atoms with Gasteiger partial charge in [0, 0.05) is 5.41 Å². The lowest BCUT2D eigenvalue weighted by Gasteiger charge is -2.29. The van der Waals surface area contributed by atoms with Gasteiger partial charge in [0.25, 0.3) is 0 Å². The zero-order chi connectivity index (χ0) is 31.8. The van der Waals surface area contributed by atoms with Gasteiger partial charge >= 0.3 is 0 Å². The van der Waals surface area contributed by atoms with Gasteiger partial charge in [0.2, 0.25) is 0 Å². The minimum absolute atomic E-state index is 0.297. The van der Waals surface area contributed by atoms with Crippen LogP contribution in [0.3, 0.4) is 0 Å². The number of fused-ring (bicyclic) bond motifs is 8. The van der Waals surface area contributed by atoms with Crippen LogP contribution in [-0.4, -0.2) is 0 Å². The maximum Gasteiger partial charge on any atom is 0.0435 e. The molecule has 9 aromatic rings. The molecule has 0 heteroatoms. The molecule has 48 heavy (non-hydrogen) atoms. The van der Waals surface area contributed by atoms with Gasteiger partial charge in [-0.1, -0.05) is 158 Å². The van der Waals surface area contributed by atoms with Crippen molar-refractivity contribution in [3.63, 3.8) is 0 Å². The van der Waals surface area contributed by atoms with Gasteiger partial charge in [-0.2, -0.15) is 0 Å². The Kier molecular flexibility index (Phi) is 5.81. The summed E-state index contributed by atoms with van der Waals surface area (Å²) in [6, 6.07) is 65.4. The fourth-order valence-corrected chi connectivity index (χ4v) is 8.62. The molecule has 1 aliphatic rings. The van der Waals surface area contributed by atoms with E-state index in [1.54, 1.807) is 0 Å². The van der Waals surface area contributed by atoms with Gasteiger partial charge in [-0.05, 0) is 118 Å². The predicted octanol–water partition coefficient (Wildman–Crippen LogP) is 13.0. The Morgan fingerprint density at radius 2 is 0.938 bits per heavy atom. The Morgan fingerprint density at radius 3 is 1.69 bits per heavy atom.